The summed E-state index contributed by atoms with van der Waals surface area (Å²) >= 11 is 0. The molecule has 2 nitrogen and oxygen atoms in total. The molecule has 6 aromatic carbocycles. The van der Waals surface area contributed by atoms with Gasteiger partial charge in [0.15, 0.2) is 5.69 Å². The van der Waals surface area contributed by atoms with Crippen molar-refractivity contribution < 1.29 is 0 Å². The minimum Gasteiger partial charge on any atom is -0.256 e. The average Bonchev–Trinajstić information content (AvgIpc) is 2.99. The van der Waals surface area contributed by atoms with Crippen LogP contribution >= 0.6 is 0 Å². The van der Waals surface area contributed by atoms with Crippen molar-refractivity contribution in [1.82, 2.24) is 4.98 Å². The van der Waals surface area contributed by atoms with Crippen LogP contribution in [0.1, 0.15) is 0 Å². The number of hydrogen-bond acceptors (Lipinski definition) is 1. The molecule has 0 atom stereocenters. The van der Waals surface area contributed by atoms with E-state index in [4.69, 9.17) is 6.57 Å². The summed E-state index contributed by atoms with van der Waals surface area (Å²) in [7, 11) is 0. The van der Waals surface area contributed by atoms with E-state index in [1.54, 1.807) is 0 Å². The fraction of sp³-hybridized carbons (Fsp3) is 0. The first-order valence-electron chi connectivity index (χ1n) is 12.7. The van der Waals surface area contributed by atoms with E-state index in [-0.39, 0.29) is 0 Å². The number of para-hydroxylation sites is 1. The predicted octanol–water partition coefficient (Wildman–Crippen LogP) is 10.1. The van der Waals surface area contributed by atoms with Crippen molar-refractivity contribution in [2.45, 2.75) is 0 Å². The van der Waals surface area contributed by atoms with Crippen LogP contribution in [-0.4, -0.2) is 4.98 Å². The van der Waals surface area contributed by atoms with E-state index < -0.39 is 0 Å². The first-order valence-corrected chi connectivity index (χ1v) is 12.7. The first-order chi connectivity index (χ1) is 18.8. The van der Waals surface area contributed by atoms with Crippen LogP contribution in [0.25, 0.3) is 70.7 Å². The quantitative estimate of drug-likeness (QED) is 0.229. The number of benzene rings is 6. The highest BCUT2D eigenvalue weighted by Gasteiger charge is 2.12. The van der Waals surface area contributed by atoms with E-state index in [0.717, 1.165) is 27.6 Å². The molecule has 0 spiro atoms. The first kappa shape index (κ1) is 22.0. The van der Waals surface area contributed by atoms with E-state index in [2.05, 4.69) is 107 Å². The number of fused-ring (bicyclic) bond motifs is 3. The summed E-state index contributed by atoms with van der Waals surface area (Å²) in [6, 6.07) is 44.7. The molecule has 38 heavy (non-hydrogen) atoms. The van der Waals surface area contributed by atoms with Crippen LogP contribution in [0, 0.1) is 6.57 Å². The summed E-state index contributed by atoms with van der Waals surface area (Å²) < 4.78 is 0. The predicted molar refractivity (Wildman–Crippen MR) is 159 cm³/mol. The van der Waals surface area contributed by atoms with Gasteiger partial charge in [0.2, 0.25) is 0 Å². The molecule has 0 saturated heterocycles. The summed E-state index contributed by atoms with van der Waals surface area (Å²) in [6.45, 7) is 7.31. The van der Waals surface area contributed by atoms with Crippen LogP contribution in [0.4, 0.5) is 5.69 Å². The maximum atomic E-state index is 7.31. The molecule has 0 N–H and O–H groups in total. The normalized spacial score (nSPS) is 11.1. The van der Waals surface area contributed by atoms with Gasteiger partial charge >= 0.3 is 0 Å². The number of nitrogens with zero attached hydrogens (tertiary/aromatic N) is 2. The van der Waals surface area contributed by atoms with Gasteiger partial charge in [0, 0.05) is 17.1 Å². The molecule has 7 rings (SSSR count). The van der Waals surface area contributed by atoms with Gasteiger partial charge in [-0.3, -0.25) is 4.98 Å². The van der Waals surface area contributed by atoms with Crippen molar-refractivity contribution in [1.29, 1.82) is 0 Å². The van der Waals surface area contributed by atoms with E-state index in [1.165, 1.54) is 38.2 Å². The van der Waals surface area contributed by atoms with Crippen LogP contribution in [0.15, 0.2) is 134 Å². The summed E-state index contributed by atoms with van der Waals surface area (Å²) in [5.74, 6) is 0. The highest BCUT2D eigenvalue weighted by atomic mass is 14.6. The zero-order valence-electron chi connectivity index (χ0n) is 20.6. The van der Waals surface area contributed by atoms with Crippen LogP contribution in [0.5, 0.6) is 0 Å². The molecule has 7 aromatic rings. The van der Waals surface area contributed by atoms with Gasteiger partial charge < -0.3 is 0 Å². The lowest BCUT2D eigenvalue weighted by molar-refractivity contribution is 1.41. The Kier molecular flexibility index (Phi) is 5.20. The Labute approximate surface area is 221 Å². The van der Waals surface area contributed by atoms with Gasteiger partial charge in [0.25, 0.3) is 0 Å². The molecule has 1 heterocycles. The largest absolute Gasteiger partial charge is 0.256 e. The lowest BCUT2D eigenvalue weighted by atomic mass is 9.90. The van der Waals surface area contributed by atoms with Gasteiger partial charge in [-0.05, 0) is 79.7 Å². The third kappa shape index (κ3) is 3.79. The highest BCUT2D eigenvalue weighted by molar-refractivity contribution is 6.00. The van der Waals surface area contributed by atoms with Crippen molar-refractivity contribution in [2.75, 3.05) is 0 Å². The standard InChI is InChI=1S/C36H22N2/c1-37-32-17-15-24(16-18-32)34-22-26-6-2-3-7-27(26)23-35(34)31-14-12-28-20-30(13-11-29(28)21-31)33-10-4-8-25-9-5-19-38-36(25)33/h2-23H. The summed E-state index contributed by atoms with van der Waals surface area (Å²) in [6.07, 6.45) is 1.86. The summed E-state index contributed by atoms with van der Waals surface area (Å²) in [4.78, 5) is 8.21. The minimum atomic E-state index is 0.652. The van der Waals surface area contributed by atoms with Crippen molar-refractivity contribution in [3.05, 3.63) is 145 Å². The smallest absolute Gasteiger partial charge is 0.187 e. The Morgan fingerprint density at radius 1 is 0.447 bits per heavy atom. The monoisotopic (exact) mass is 482 g/mol. The third-order valence-electron chi connectivity index (χ3n) is 7.29. The van der Waals surface area contributed by atoms with E-state index >= 15 is 0 Å². The van der Waals surface area contributed by atoms with E-state index in [9.17, 15) is 0 Å². The van der Waals surface area contributed by atoms with Gasteiger partial charge in [-0.2, -0.15) is 0 Å². The molecule has 0 amide bonds. The molecule has 0 radical (unpaired) electrons. The number of rotatable bonds is 3. The Morgan fingerprint density at radius 3 is 1.68 bits per heavy atom. The van der Waals surface area contributed by atoms with Crippen molar-refractivity contribution in [2.24, 2.45) is 0 Å². The fourth-order valence-corrected chi connectivity index (χ4v) is 5.35. The molecule has 0 saturated carbocycles. The van der Waals surface area contributed by atoms with Crippen LogP contribution in [-0.2, 0) is 0 Å². The van der Waals surface area contributed by atoms with Crippen molar-refractivity contribution in [3.8, 4) is 33.4 Å². The van der Waals surface area contributed by atoms with Gasteiger partial charge in [-0.1, -0.05) is 97.1 Å². The number of hydrogen-bond donors (Lipinski definition) is 0. The molecule has 0 fully saturated rings. The van der Waals surface area contributed by atoms with Crippen LogP contribution in [0.3, 0.4) is 0 Å². The highest BCUT2D eigenvalue weighted by Crippen LogP contribution is 2.38. The Morgan fingerprint density at radius 2 is 1.00 bits per heavy atom. The number of pyridine rings is 1. The third-order valence-corrected chi connectivity index (χ3v) is 7.29. The molecule has 0 aliphatic rings. The van der Waals surface area contributed by atoms with Gasteiger partial charge in [-0.15, -0.1) is 0 Å². The fourth-order valence-electron chi connectivity index (χ4n) is 5.35. The van der Waals surface area contributed by atoms with Crippen LogP contribution < -0.4 is 0 Å². The second kappa shape index (κ2) is 9.00. The van der Waals surface area contributed by atoms with Gasteiger partial charge in [0.1, 0.15) is 0 Å². The topological polar surface area (TPSA) is 17.2 Å². The molecule has 0 unspecified atom stereocenters. The molecule has 0 aliphatic carbocycles. The number of aromatic nitrogens is 1. The second-order valence-corrected chi connectivity index (χ2v) is 9.56. The van der Waals surface area contributed by atoms with E-state index in [0.29, 0.717) is 5.69 Å². The zero-order valence-corrected chi connectivity index (χ0v) is 20.6. The molecule has 0 bridgehead atoms. The molecule has 2 heteroatoms. The summed E-state index contributed by atoms with van der Waals surface area (Å²) in [5.41, 5.74) is 8.62. The zero-order chi connectivity index (χ0) is 25.5. The lowest BCUT2D eigenvalue weighted by Gasteiger charge is -2.14. The molecule has 0 aliphatic heterocycles. The molecular weight excluding hydrogens is 460 g/mol. The Balaban J connectivity index is 1.37. The summed E-state index contributed by atoms with van der Waals surface area (Å²) in [5, 5.41) is 5.95. The molecular formula is C36H22N2. The maximum absolute atomic E-state index is 7.31. The van der Waals surface area contributed by atoms with Crippen molar-refractivity contribution >= 4 is 38.1 Å². The van der Waals surface area contributed by atoms with Gasteiger partial charge in [0.05, 0.1) is 12.1 Å². The van der Waals surface area contributed by atoms with E-state index in [1.807, 2.05) is 36.5 Å². The molecule has 1 aromatic heterocycles. The average molecular weight is 483 g/mol. The van der Waals surface area contributed by atoms with Crippen molar-refractivity contribution in [3.63, 3.8) is 0 Å². The maximum Gasteiger partial charge on any atom is 0.187 e. The lowest BCUT2D eigenvalue weighted by Crippen LogP contribution is -1.88. The SMILES string of the molecule is [C-]#[N+]c1ccc(-c2cc3ccccc3cc2-c2ccc3cc(-c4cccc5cccnc45)ccc3c2)cc1. The minimum absolute atomic E-state index is 0.652. The Bertz CT molecular complexity index is 2020. The van der Waals surface area contributed by atoms with Gasteiger partial charge in [-0.25, -0.2) is 4.85 Å². The molecule has 176 valence electrons. The second-order valence-electron chi connectivity index (χ2n) is 9.56. The Hall–Kier alpha value is -5.26. The van der Waals surface area contributed by atoms with Crippen LogP contribution in [0.2, 0.25) is 0 Å².